The first kappa shape index (κ1) is 10.0. The minimum Gasteiger partial charge on any atom is -0.359 e. The highest BCUT2D eigenvalue weighted by atomic mass is 32.2. The Hall–Kier alpha value is -0.180. The molecular formula is C12H20N2S. The maximum Gasteiger partial charge on any atom is 0.157 e. The van der Waals surface area contributed by atoms with E-state index in [4.69, 9.17) is 0 Å². The van der Waals surface area contributed by atoms with Crippen LogP contribution in [0, 0.1) is 11.8 Å². The van der Waals surface area contributed by atoms with Gasteiger partial charge in [-0.3, -0.25) is 4.99 Å². The summed E-state index contributed by atoms with van der Waals surface area (Å²) in [6.45, 7) is 3.37. The van der Waals surface area contributed by atoms with E-state index < -0.39 is 0 Å². The van der Waals surface area contributed by atoms with Crippen molar-refractivity contribution in [3.05, 3.63) is 0 Å². The first-order valence-electron chi connectivity index (χ1n) is 6.27. The van der Waals surface area contributed by atoms with Crippen molar-refractivity contribution in [2.75, 3.05) is 12.3 Å². The number of nitrogens with zero attached hydrogens (tertiary/aromatic N) is 1. The van der Waals surface area contributed by atoms with E-state index in [2.05, 4.69) is 17.2 Å². The molecule has 3 aliphatic rings. The van der Waals surface area contributed by atoms with E-state index in [9.17, 15) is 0 Å². The number of rotatable bonds is 2. The average molecular weight is 224 g/mol. The molecule has 0 aromatic carbocycles. The number of amidine groups is 1. The van der Waals surface area contributed by atoms with E-state index in [0.717, 1.165) is 18.4 Å². The summed E-state index contributed by atoms with van der Waals surface area (Å²) in [4.78, 5) is 4.53. The first-order valence-corrected chi connectivity index (χ1v) is 7.25. The average Bonchev–Trinajstić information content (AvgIpc) is 2.92. The van der Waals surface area contributed by atoms with Crippen molar-refractivity contribution in [3.63, 3.8) is 0 Å². The molecule has 2 fully saturated rings. The minimum absolute atomic E-state index is 0.446. The van der Waals surface area contributed by atoms with Crippen LogP contribution in [0.3, 0.4) is 0 Å². The van der Waals surface area contributed by atoms with Crippen LogP contribution in [0.15, 0.2) is 4.99 Å². The number of fused-ring (bicyclic) bond motifs is 2. The Bertz CT molecular complexity index is 289. The Balaban J connectivity index is 1.70. The van der Waals surface area contributed by atoms with Crippen molar-refractivity contribution in [1.29, 1.82) is 0 Å². The van der Waals surface area contributed by atoms with Crippen LogP contribution in [0.5, 0.6) is 0 Å². The van der Waals surface area contributed by atoms with Gasteiger partial charge in [-0.15, -0.1) is 0 Å². The third-order valence-corrected chi connectivity index (χ3v) is 5.34. The Kier molecular flexibility index (Phi) is 2.46. The van der Waals surface area contributed by atoms with Gasteiger partial charge in [0.25, 0.3) is 0 Å². The smallest absolute Gasteiger partial charge is 0.157 e. The summed E-state index contributed by atoms with van der Waals surface area (Å²) in [6, 6.07) is 0. The van der Waals surface area contributed by atoms with Crippen LogP contribution in [0.1, 0.15) is 39.0 Å². The fourth-order valence-corrected chi connectivity index (χ4v) is 4.55. The molecule has 3 unspecified atom stereocenters. The Morgan fingerprint density at radius 2 is 2.47 bits per heavy atom. The van der Waals surface area contributed by atoms with Crippen LogP contribution in [0.2, 0.25) is 0 Å². The lowest BCUT2D eigenvalue weighted by Gasteiger charge is -2.31. The van der Waals surface area contributed by atoms with Gasteiger partial charge in [0.05, 0.1) is 6.54 Å². The summed E-state index contributed by atoms with van der Waals surface area (Å²) in [5.41, 5.74) is 0.446. The minimum atomic E-state index is 0.446. The molecule has 2 aliphatic carbocycles. The molecule has 0 amide bonds. The van der Waals surface area contributed by atoms with Gasteiger partial charge in [0.15, 0.2) is 5.17 Å². The fraction of sp³-hybridized carbons (Fsp3) is 0.917. The molecule has 0 aromatic rings. The molecule has 0 saturated heterocycles. The van der Waals surface area contributed by atoms with Gasteiger partial charge in [0.2, 0.25) is 0 Å². The van der Waals surface area contributed by atoms with Gasteiger partial charge in [-0.1, -0.05) is 25.1 Å². The Labute approximate surface area is 96.3 Å². The fourth-order valence-electron chi connectivity index (χ4n) is 3.70. The summed E-state index contributed by atoms with van der Waals surface area (Å²) in [7, 11) is 0. The molecule has 2 bridgehead atoms. The number of hydrogen-bond donors (Lipinski definition) is 1. The number of thioether (sulfide) groups is 1. The predicted octanol–water partition coefficient (Wildman–Crippen LogP) is 2.65. The highest BCUT2D eigenvalue weighted by Crippen LogP contribution is 2.52. The summed E-state index contributed by atoms with van der Waals surface area (Å²) >= 11 is 1.91. The van der Waals surface area contributed by atoms with Gasteiger partial charge in [-0.25, -0.2) is 0 Å². The van der Waals surface area contributed by atoms with E-state index in [1.807, 2.05) is 11.8 Å². The van der Waals surface area contributed by atoms with E-state index in [-0.39, 0.29) is 0 Å². The third kappa shape index (κ3) is 1.69. The van der Waals surface area contributed by atoms with Crippen LogP contribution in [-0.2, 0) is 0 Å². The van der Waals surface area contributed by atoms with E-state index >= 15 is 0 Å². The SMILES string of the molecule is CCC1CC2(NC3=NCCS3)CCC1C2. The molecule has 0 radical (unpaired) electrons. The second-order valence-electron chi connectivity index (χ2n) is 5.32. The molecule has 1 heterocycles. The molecule has 3 atom stereocenters. The van der Waals surface area contributed by atoms with Crippen molar-refractivity contribution in [2.45, 2.75) is 44.6 Å². The maximum atomic E-state index is 4.53. The predicted molar refractivity (Wildman–Crippen MR) is 66.4 cm³/mol. The maximum absolute atomic E-state index is 4.53. The van der Waals surface area contributed by atoms with Crippen molar-refractivity contribution >= 4 is 16.9 Å². The van der Waals surface area contributed by atoms with Crippen LogP contribution in [0.25, 0.3) is 0 Å². The van der Waals surface area contributed by atoms with Gasteiger partial charge in [0.1, 0.15) is 0 Å². The molecule has 1 aliphatic heterocycles. The molecule has 84 valence electrons. The van der Waals surface area contributed by atoms with Gasteiger partial charge in [-0.2, -0.15) is 0 Å². The molecule has 3 heteroatoms. The number of hydrogen-bond acceptors (Lipinski definition) is 3. The van der Waals surface area contributed by atoms with Crippen LogP contribution < -0.4 is 5.32 Å². The van der Waals surface area contributed by atoms with E-state index in [0.29, 0.717) is 5.54 Å². The lowest BCUT2D eigenvalue weighted by molar-refractivity contribution is 0.291. The zero-order valence-electron chi connectivity index (χ0n) is 9.46. The molecule has 0 spiro atoms. The lowest BCUT2D eigenvalue weighted by atomic mass is 9.84. The van der Waals surface area contributed by atoms with E-state index in [1.54, 1.807) is 0 Å². The Morgan fingerprint density at radius 1 is 1.53 bits per heavy atom. The van der Waals surface area contributed by atoms with Crippen LogP contribution >= 0.6 is 11.8 Å². The molecule has 2 saturated carbocycles. The van der Waals surface area contributed by atoms with Gasteiger partial charge in [-0.05, 0) is 37.5 Å². The van der Waals surface area contributed by atoms with Gasteiger partial charge in [0, 0.05) is 11.3 Å². The van der Waals surface area contributed by atoms with Crippen LogP contribution in [-0.4, -0.2) is 23.0 Å². The zero-order valence-corrected chi connectivity index (χ0v) is 10.3. The van der Waals surface area contributed by atoms with Crippen LogP contribution in [0.4, 0.5) is 0 Å². The topological polar surface area (TPSA) is 24.4 Å². The number of nitrogens with one attached hydrogen (secondary N) is 1. The Morgan fingerprint density at radius 3 is 3.13 bits per heavy atom. The largest absolute Gasteiger partial charge is 0.359 e. The molecule has 2 nitrogen and oxygen atoms in total. The second-order valence-corrected chi connectivity index (χ2v) is 6.40. The molecule has 1 N–H and O–H groups in total. The monoisotopic (exact) mass is 224 g/mol. The number of aliphatic imine (C=N–C) groups is 1. The summed E-state index contributed by atoms with van der Waals surface area (Å²) in [5, 5.41) is 4.99. The van der Waals surface area contributed by atoms with Crippen molar-refractivity contribution in [1.82, 2.24) is 5.32 Å². The highest BCUT2D eigenvalue weighted by Gasteiger charge is 2.50. The molecule has 15 heavy (non-hydrogen) atoms. The quantitative estimate of drug-likeness (QED) is 0.780. The highest BCUT2D eigenvalue weighted by molar-refractivity contribution is 8.14. The molecule has 3 rings (SSSR count). The molecular weight excluding hydrogens is 204 g/mol. The van der Waals surface area contributed by atoms with Gasteiger partial charge < -0.3 is 5.32 Å². The van der Waals surface area contributed by atoms with Crippen molar-refractivity contribution < 1.29 is 0 Å². The standard InChI is InChI=1S/C12H20N2S/c1-2-9-7-12(4-3-10(9)8-12)14-11-13-5-6-15-11/h9-10H,2-8H2,1H3,(H,13,14). The second kappa shape index (κ2) is 3.69. The first-order chi connectivity index (χ1) is 7.31. The van der Waals surface area contributed by atoms with Crippen molar-refractivity contribution in [2.24, 2.45) is 16.8 Å². The van der Waals surface area contributed by atoms with Crippen molar-refractivity contribution in [3.8, 4) is 0 Å². The van der Waals surface area contributed by atoms with Gasteiger partial charge >= 0.3 is 0 Å². The van der Waals surface area contributed by atoms with E-state index in [1.165, 1.54) is 43.0 Å². The zero-order chi connectivity index (χ0) is 10.3. The normalized spacial score (nSPS) is 43.4. The summed E-state index contributed by atoms with van der Waals surface area (Å²) < 4.78 is 0. The lowest BCUT2D eigenvalue weighted by Crippen LogP contribution is -2.44. The summed E-state index contributed by atoms with van der Waals surface area (Å²) in [5.74, 6) is 3.17. The third-order valence-electron chi connectivity index (χ3n) is 4.45. The summed E-state index contributed by atoms with van der Waals surface area (Å²) in [6.07, 6.45) is 7.00. The molecule has 0 aromatic heterocycles.